The van der Waals surface area contributed by atoms with Gasteiger partial charge in [0.15, 0.2) is 4.80 Å². The quantitative estimate of drug-likeness (QED) is 0.600. The lowest BCUT2D eigenvalue weighted by molar-refractivity contribution is -0.136. The van der Waals surface area contributed by atoms with Crippen LogP contribution in [-0.2, 0) is 9.53 Å². The van der Waals surface area contributed by atoms with Crippen molar-refractivity contribution in [3.8, 4) is 0 Å². The van der Waals surface area contributed by atoms with E-state index < -0.39 is 12.0 Å². The van der Waals surface area contributed by atoms with Gasteiger partial charge >= 0.3 is 5.97 Å². The Labute approximate surface area is 173 Å². The highest BCUT2D eigenvalue weighted by molar-refractivity contribution is 7.10. The number of nitrogens with zero attached hydrogens (tertiary/aromatic N) is 2. The van der Waals surface area contributed by atoms with E-state index in [0.29, 0.717) is 25.6 Å². The summed E-state index contributed by atoms with van der Waals surface area (Å²) in [6.07, 6.45) is 1.76. The number of hydrogen-bond donors (Lipinski definition) is 0. The molecule has 0 saturated carbocycles. The van der Waals surface area contributed by atoms with Gasteiger partial charge < -0.3 is 4.74 Å². The second kappa shape index (κ2) is 7.50. The molecule has 0 N–H and O–H groups in total. The smallest absolute Gasteiger partial charge is 0.338 e. The van der Waals surface area contributed by atoms with E-state index in [1.54, 1.807) is 23.6 Å². The summed E-state index contributed by atoms with van der Waals surface area (Å²) < 4.78 is 7.05. The number of allylic oxidation sites excluding steroid dienone is 1. The number of carbonyl (C=O) groups is 1. The van der Waals surface area contributed by atoms with E-state index in [1.165, 1.54) is 29.8 Å². The van der Waals surface area contributed by atoms with Gasteiger partial charge in [0.25, 0.3) is 5.56 Å². The fourth-order valence-corrected chi connectivity index (χ4v) is 5.19. The molecule has 4 rings (SSSR count). The van der Waals surface area contributed by atoms with Crippen molar-refractivity contribution in [2.45, 2.75) is 13.0 Å². The minimum Gasteiger partial charge on any atom is -0.466 e. The summed E-state index contributed by atoms with van der Waals surface area (Å²) in [5, 5.41) is 2.48. The fourth-order valence-electron chi connectivity index (χ4n) is 3.14. The molecule has 0 amide bonds. The van der Waals surface area contributed by atoms with Crippen LogP contribution in [-0.4, -0.2) is 17.6 Å². The van der Waals surface area contributed by atoms with Crippen molar-refractivity contribution in [2.75, 3.05) is 7.11 Å². The maximum atomic E-state index is 13.3. The number of aromatic nitrogens is 1. The molecule has 2 aromatic heterocycles. The number of thiophene rings is 1. The molecule has 3 heterocycles. The Morgan fingerprint density at radius 2 is 2.07 bits per heavy atom. The number of thiazole rings is 1. The van der Waals surface area contributed by atoms with Crippen LogP contribution in [0.15, 0.2) is 62.8 Å². The first kappa shape index (κ1) is 18.9. The zero-order chi connectivity index (χ0) is 19.8. The largest absolute Gasteiger partial charge is 0.466 e. The Morgan fingerprint density at radius 3 is 2.75 bits per heavy atom. The molecule has 5 nitrogen and oxygen atoms in total. The lowest BCUT2D eigenvalue weighted by Crippen LogP contribution is -2.39. The molecule has 28 heavy (non-hydrogen) atoms. The average molecular weight is 431 g/mol. The van der Waals surface area contributed by atoms with Crippen LogP contribution in [0.1, 0.15) is 23.4 Å². The molecule has 1 aromatic carbocycles. The highest BCUT2D eigenvalue weighted by Crippen LogP contribution is 2.32. The third-order valence-electron chi connectivity index (χ3n) is 4.43. The van der Waals surface area contributed by atoms with Crippen molar-refractivity contribution in [3.63, 3.8) is 0 Å². The molecule has 8 heteroatoms. The summed E-state index contributed by atoms with van der Waals surface area (Å²) in [4.78, 5) is 31.7. The Bertz CT molecular complexity index is 1270. The molecule has 0 spiro atoms. The summed E-state index contributed by atoms with van der Waals surface area (Å²) in [5.74, 6) is -0.486. The van der Waals surface area contributed by atoms with Gasteiger partial charge in [-0.3, -0.25) is 9.36 Å². The number of fused-ring (bicyclic) bond motifs is 1. The maximum absolute atomic E-state index is 13.3. The van der Waals surface area contributed by atoms with Crippen LogP contribution in [0, 0.1) is 0 Å². The first-order valence-electron chi connectivity index (χ1n) is 8.40. The topological polar surface area (TPSA) is 60.7 Å². The van der Waals surface area contributed by atoms with Crippen LogP contribution in [0.4, 0.5) is 0 Å². The fraction of sp³-hybridized carbons (Fsp3) is 0.150. The molecule has 1 aliphatic rings. The Morgan fingerprint density at radius 1 is 1.29 bits per heavy atom. The Hall–Kier alpha value is -2.48. The van der Waals surface area contributed by atoms with Gasteiger partial charge in [0.05, 0.1) is 22.9 Å². The molecule has 0 saturated heterocycles. The van der Waals surface area contributed by atoms with Crippen LogP contribution < -0.4 is 14.9 Å². The van der Waals surface area contributed by atoms with E-state index in [9.17, 15) is 9.59 Å². The molecule has 0 aliphatic carbocycles. The number of rotatable bonds is 3. The molecule has 0 radical (unpaired) electrons. The lowest BCUT2D eigenvalue weighted by atomic mass is 10.0. The summed E-state index contributed by atoms with van der Waals surface area (Å²) in [6, 6.07) is 10.6. The van der Waals surface area contributed by atoms with Crippen molar-refractivity contribution in [1.82, 2.24) is 4.57 Å². The molecule has 0 fully saturated rings. The van der Waals surface area contributed by atoms with Gasteiger partial charge in [0.2, 0.25) is 0 Å². The summed E-state index contributed by atoms with van der Waals surface area (Å²) >= 11 is 9.00. The zero-order valence-corrected chi connectivity index (χ0v) is 17.4. The minimum absolute atomic E-state index is 0.212. The number of hydrogen-bond acceptors (Lipinski definition) is 6. The highest BCUT2D eigenvalue weighted by atomic mass is 35.5. The number of esters is 1. The van der Waals surface area contributed by atoms with Crippen LogP contribution in [0.2, 0.25) is 5.02 Å². The highest BCUT2D eigenvalue weighted by Gasteiger charge is 2.33. The maximum Gasteiger partial charge on any atom is 0.338 e. The average Bonchev–Trinajstić information content (AvgIpc) is 3.31. The second-order valence-electron chi connectivity index (χ2n) is 6.11. The van der Waals surface area contributed by atoms with Crippen molar-refractivity contribution >= 4 is 46.3 Å². The van der Waals surface area contributed by atoms with Gasteiger partial charge in [-0.25, -0.2) is 9.79 Å². The monoisotopic (exact) mass is 430 g/mol. The zero-order valence-electron chi connectivity index (χ0n) is 15.0. The molecule has 142 valence electrons. The first-order valence-corrected chi connectivity index (χ1v) is 10.5. The van der Waals surface area contributed by atoms with Crippen molar-refractivity contribution in [1.29, 1.82) is 0 Å². The van der Waals surface area contributed by atoms with Crippen LogP contribution >= 0.6 is 34.3 Å². The summed E-state index contributed by atoms with van der Waals surface area (Å²) in [5.41, 5.74) is 1.47. The number of carbonyl (C=O) groups excluding carboxylic acids is 1. The first-order chi connectivity index (χ1) is 13.5. The van der Waals surface area contributed by atoms with Crippen LogP contribution in [0.5, 0.6) is 0 Å². The molecule has 0 unspecified atom stereocenters. The van der Waals surface area contributed by atoms with Crippen LogP contribution in [0.3, 0.4) is 0 Å². The predicted octanol–water partition coefficient (Wildman–Crippen LogP) is 3.12. The van der Waals surface area contributed by atoms with E-state index in [-0.39, 0.29) is 5.56 Å². The third-order valence-corrected chi connectivity index (χ3v) is 6.68. The number of ether oxygens (including phenoxy) is 1. The van der Waals surface area contributed by atoms with Gasteiger partial charge in [0.1, 0.15) is 6.04 Å². The van der Waals surface area contributed by atoms with E-state index in [1.807, 2.05) is 35.7 Å². The molecular weight excluding hydrogens is 416 g/mol. The van der Waals surface area contributed by atoms with Gasteiger partial charge in [-0.05, 0) is 36.1 Å². The number of benzene rings is 1. The van der Waals surface area contributed by atoms with Crippen molar-refractivity contribution in [2.24, 2.45) is 4.99 Å². The van der Waals surface area contributed by atoms with E-state index >= 15 is 0 Å². The SMILES string of the molecule is COC(=O)C1=C(C)N=c2s/c(=C/c3ccccc3Cl)c(=O)n2[C@@H]1c1cccs1. The number of methoxy groups -OCH3 is 1. The normalized spacial score (nSPS) is 16.7. The molecule has 0 bridgehead atoms. The summed E-state index contributed by atoms with van der Waals surface area (Å²) in [7, 11) is 1.33. The van der Waals surface area contributed by atoms with Gasteiger partial charge in [0, 0.05) is 9.90 Å². The molecule has 3 aromatic rings. The van der Waals surface area contributed by atoms with Gasteiger partial charge in [-0.15, -0.1) is 11.3 Å². The van der Waals surface area contributed by atoms with E-state index in [4.69, 9.17) is 16.3 Å². The van der Waals surface area contributed by atoms with Gasteiger partial charge in [-0.2, -0.15) is 0 Å². The van der Waals surface area contributed by atoms with Crippen molar-refractivity contribution < 1.29 is 9.53 Å². The second-order valence-corrected chi connectivity index (χ2v) is 8.51. The summed E-state index contributed by atoms with van der Waals surface area (Å²) in [6.45, 7) is 1.76. The molecule has 1 aliphatic heterocycles. The van der Waals surface area contributed by atoms with E-state index in [2.05, 4.69) is 4.99 Å². The molecule has 1 atom stereocenters. The lowest BCUT2D eigenvalue weighted by Gasteiger charge is -2.22. The molecular formula is C20H15ClN2O3S2. The van der Waals surface area contributed by atoms with E-state index in [0.717, 1.165) is 10.4 Å². The van der Waals surface area contributed by atoms with Crippen molar-refractivity contribution in [3.05, 3.63) is 88.2 Å². The number of halogens is 1. The standard InChI is InChI=1S/C20H15ClN2O3S2/c1-11-16(19(25)26-2)17(14-8-5-9-27-14)23-18(24)15(28-20(23)22-11)10-12-6-3-4-7-13(12)21/h3-10,17H,1-2H3/b15-10+/t17-/m1/s1. The third kappa shape index (κ3) is 3.15. The van der Waals surface area contributed by atoms with Crippen LogP contribution in [0.25, 0.3) is 6.08 Å². The minimum atomic E-state index is -0.558. The Kier molecular flexibility index (Phi) is 5.05. The van der Waals surface area contributed by atoms with Gasteiger partial charge in [-0.1, -0.05) is 47.2 Å². The Balaban J connectivity index is 1.99. The predicted molar refractivity (Wildman–Crippen MR) is 112 cm³/mol.